The molecule has 1 aliphatic heterocycles. The first-order valence-corrected chi connectivity index (χ1v) is 11.7. The van der Waals surface area contributed by atoms with Gasteiger partial charge in [0, 0.05) is 45.0 Å². The summed E-state index contributed by atoms with van der Waals surface area (Å²) in [6, 6.07) is 22.4. The van der Waals surface area contributed by atoms with Crippen molar-refractivity contribution in [1.82, 2.24) is 14.8 Å². The standard InChI is InChI=1S/C28H31N3O2/c1-2-30-18-19-31(27(32)13-12-22-14-16-29-17-15-22)21-25(28(30)33)20-24-10-6-7-11-26(24)23-8-4-3-5-9-23/h3-11,14-17,25H,2,12-13,18-21H2,1H3/t25-/m0/s1. The molecule has 1 saturated heterocycles. The van der Waals surface area contributed by atoms with Crippen LogP contribution in [0, 0.1) is 5.92 Å². The fraction of sp³-hybridized carbons (Fsp3) is 0.321. The van der Waals surface area contributed by atoms with E-state index >= 15 is 0 Å². The molecule has 0 bridgehead atoms. The zero-order chi connectivity index (χ0) is 23.0. The summed E-state index contributed by atoms with van der Waals surface area (Å²) in [4.78, 5) is 34.3. The third kappa shape index (κ3) is 5.67. The summed E-state index contributed by atoms with van der Waals surface area (Å²) in [5.41, 5.74) is 4.54. The Morgan fingerprint density at radius 2 is 1.70 bits per heavy atom. The minimum Gasteiger partial charge on any atom is -0.341 e. The summed E-state index contributed by atoms with van der Waals surface area (Å²) < 4.78 is 0. The molecule has 0 spiro atoms. The number of carbonyl (C=O) groups is 2. The summed E-state index contributed by atoms with van der Waals surface area (Å²) in [6.07, 6.45) is 5.25. The van der Waals surface area contributed by atoms with Crippen molar-refractivity contribution in [2.45, 2.75) is 26.2 Å². The fourth-order valence-corrected chi connectivity index (χ4v) is 4.56. The molecule has 3 aromatic rings. The van der Waals surface area contributed by atoms with Crippen molar-refractivity contribution >= 4 is 11.8 Å². The number of nitrogens with zero attached hydrogens (tertiary/aromatic N) is 3. The second kappa shape index (κ2) is 10.9. The molecule has 5 nitrogen and oxygen atoms in total. The number of pyridine rings is 1. The van der Waals surface area contributed by atoms with Gasteiger partial charge in [-0.15, -0.1) is 0 Å². The van der Waals surface area contributed by atoms with Gasteiger partial charge >= 0.3 is 0 Å². The Balaban J connectivity index is 1.52. The third-order valence-electron chi connectivity index (χ3n) is 6.42. The van der Waals surface area contributed by atoms with Gasteiger partial charge in [0.25, 0.3) is 0 Å². The van der Waals surface area contributed by atoms with Gasteiger partial charge in [0.2, 0.25) is 11.8 Å². The van der Waals surface area contributed by atoms with Gasteiger partial charge in [-0.3, -0.25) is 14.6 Å². The molecule has 1 fully saturated rings. The molecule has 170 valence electrons. The van der Waals surface area contributed by atoms with Crippen LogP contribution < -0.4 is 0 Å². The van der Waals surface area contributed by atoms with Gasteiger partial charge in [0.05, 0.1) is 5.92 Å². The van der Waals surface area contributed by atoms with E-state index < -0.39 is 0 Å². The second-order valence-electron chi connectivity index (χ2n) is 8.54. The lowest BCUT2D eigenvalue weighted by Gasteiger charge is -2.24. The minimum absolute atomic E-state index is 0.110. The maximum atomic E-state index is 13.4. The Hall–Kier alpha value is -3.47. The van der Waals surface area contributed by atoms with E-state index in [0.29, 0.717) is 45.4 Å². The topological polar surface area (TPSA) is 53.5 Å². The van der Waals surface area contributed by atoms with Crippen LogP contribution >= 0.6 is 0 Å². The molecular formula is C28H31N3O2. The average Bonchev–Trinajstić information content (AvgIpc) is 3.02. The van der Waals surface area contributed by atoms with Crippen LogP contribution in [0.5, 0.6) is 0 Å². The van der Waals surface area contributed by atoms with Gasteiger partial charge in [-0.2, -0.15) is 0 Å². The molecule has 0 unspecified atom stereocenters. The summed E-state index contributed by atoms with van der Waals surface area (Å²) >= 11 is 0. The highest BCUT2D eigenvalue weighted by atomic mass is 16.2. The quantitative estimate of drug-likeness (QED) is 0.551. The molecule has 2 aromatic carbocycles. The van der Waals surface area contributed by atoms with Crippen LogP contribution in [-0.4, -0.2) is 52.8 Å². The fourth-order valence-electron chi connectivity index (χ4n) is 4.56. The van der Waals surface area contributed by atoms with Gasteiger partial charge in [-0.1, -0.05) is 54.6 Å². The van der Waals surface area contributed by atoms with E-state index in [4.69, 9.17) is 0 Å². The molecule has 0 aliphatic carbocycles. The van der Waals surface area contributed by atoms with Crippen LogP contribution in [0.15, 0.2) is 79.1 Å². The van der Waals surface area contributed by atoms with E-state index in [1.807, 2.05) is 59.2 Å². The summed E-state index contributed by atoms with van der Waals surface area (Å²) in [5, 5.41) is 0. The first-order chi connectivity index (χ1) is 16.2. The predicted octanol–water partition coefficient (Wildman–Crippen LogP) is 4.23. The monoisotopic (exact) mass is 441 g/mol. The van der Waals surface area contributed by atoms with Crippen molar-refractivity contribution < 1.29 is 9.59 Å². The molecule has 0 radical (unpaired) electrons. The van der Waals surface area contributed by atoms with E-state index in [2.05, 4.69) is 29.2 Å². The smallest absolute Gasteiger partial charge is 0.227 e. The Morgan fingerprint density at radius 1 is 0.970 bits per heavy atom. The largest absolute Gasteiger partial charge is 0.341 e. The van der Waals surface area contributed by atoms with Gasteiger partial charge in [0.15, 0.2) is 0 Å². The predicted molar refractivity (Wildman–Crippen MR) is 130 cm³/mol. The zero-order valence-electron chi connectivity index (χ0n) is 19.2. The van der Waals surface area contributed by atoms with E-state index in [9.17, 15) is 9.59 Å². The summed E-state index contributed by atoms with van der Waals surface area (Å²) in [7, 11) is 0. The van der Waals surface area contributed by atoms with Crippen molar-refractivity contribution in [2.24, 2.45) is 5.92 Å². The molecule has 2 amide bonds. The lowest BCUT2D eigenvalue weighted by atomic mass is 9.91. The molecule has 1 aliphatic rings. The molecule has 5 heteroatoms. The van der Waals surface area contributed by atoms with Crippen LogP contribution in [0.4, 0.5) is 0 Å². The Morgan fingerprint density at radius 3 is 2.45 bits per heavy atom. The number of hydrogen-bond donors (Lipinski definition) is 0. The van der Waals surface area contributed by atoms with Gasteiger partial charge in [0.1, 0.15) is 0 Å². The minimum atomic E-state index is -0.248. The Bertz CT molecular complexity index is 1070. The van der Waals surface area contributed by atoms with E-state index in [1.165, 1.54) is 0 Å². The normalized spacial score (nSPS) is 16.5. The molecule has 1 atom stereocenters. The molecule has 1 aromatic heterocycles. The molecule has 2 heterocycles. The molecule has 0 saturated carbocycles. The number of rotatable bonds is 7. The zero-order valence-corrected chi connectivity index (χ0v) is 19.2. The lowest BCUT2D eigenvalue weighted by molar-refractivity contribution is -0.134. The highest BCUT2D eigenvalue weighted by Gasteiger charge is 2.32. The van der Waals surface area contributed by atoms with Gasteiger partial charge in [-0.25, -0.2) is 0 Å². The Labute approximate surface area is 196 Å². The maximum absolute atomic E-state index is 13.4. The highest BCUT2D eigenvalue weighted by Crippen LogP contribution is 2.27. The molecule has 0 N–H and O–H groups in total. The molecule has 33 heavy (non-hydrogen) atoms. The van der Waals surface area contributed by atoms with Crippen molar-refractivity contribution in [3.05, 3.63) is 90.3 Å². The molecule has 4 rings (SSSR count). The number of carbonyl (C=O) groups excluding carboxylic acids is 2. The molecular weight excluding hydrogens is 410 g/mol. The van der Waals surface area contributed by atoms with Gasteiger partial charge in [-0.05, 0) is 54.2 Å². The van der Waals surface area contributed by atoms with Crippen LogP contribution in [0.2, 0.25) is 0 Å². The Kier molecular flexibility index (Phi) is 7.51. The number of aromatic nitrogens is 1. The van der Waals surface area contributed by atoms with Crippen molar-refractivity contribution in [1.29, 1.82) is 0 Å². The number of hydrogen-bond acceptors (Lipinski definition) is 3. The number of benzene rings is 2. The first kappa shape index (κ1) is 22.7. The van der Waals surface area contributed by atoms with Crippen molar-refractivity contribution in [3.8, 4) is 11.1 Å². The lowest BCUT2D eigenvalue weighted by Crippen LogP contribution is -2.38. The van der Waals surface area contributed by atoms with Gasteiger partial charge < -0.3 is 9.80 Å². The first-order valence-electron chi connectivity index (χ1n) is 11.7. The summed E-state index contributed by atoms with van der Waals surface area (Å²) in [6.45, 7) is 4.31. The summed E-state index contributed by atoms with van der Waals surface area (Å²) in [5.74, 6) is 0.00546. The number of likely N-dealkylation sites (N-methyl/N-ethyl adjacent to an activating group) is 1. The third-order valence-corrected chi connectivity index (χ3v) is 6.42. The van der Waals surface area contributed by atoms with E-state index in [1.54, 1.807) is 12.4 Å². The number of amides is 2. The van der Waals surface area contributed by atoms with E-state index in [0.717, 1.165) is 22.3 Å². The van der Waals surface area contributed by atoms with E-state index in [-0.39, 0.29) is 17.7 Å². The highest BCUT2D eigenvalue weighted by molar-refractivity contribution is 5.83. The van der Waals surface area contributed by atoms with Crippen LogP contribution in [0.1, 0.15) is 24.5 Å². The van der Waals surface area contributed by atoms with Crippen molar-refractivity contribution in [3.63, 3.8) is 0 Å². The SMILES string of the molecule is CCN1CCN(C(=O)CCc2ccncc2)C[C@H](Cc2ccccc2-c2ccccc2)C1=O. The average molecular weight is 442 g/mol. The van der Waals surface area contributed by atoms with Crippen LogP contribution in [0.3, 0.4) is 0 Å². The maximum Gasteiger partial charge on any atom is 0.227 e. The second-order valence-corrected chi connectivity index (χ2v) is 8.54. The number of aryl methyl sites for hydroxylation is 1. The van der Waals surface area contributed by atoms with Crippen molar-refractivity contribution in [2.75, 3.05) is 26.2 Å². The van der Waals surface area contributed by atoms with Crippen LogP contribution in [-0.2, 0) is 22.4 Å². The van der Waals surface area contributed by atoms with Crippen LogP contribution in [0.25, 0.3) is 11.1 Å².